The molecule has 3 rings (SSSR count). The summed E-state index contributed by atoms with van der Waals surface area (Å²) in [6, 6.07) is 8.68. The highest BCUT2D eigenvalue weighted by Crippen LogP contribution is 2.39. The molecule has 1 fully saturated rings. The fourth-order valence-electron chi connectivity index (χ4n) is 2.46. The summed E-state index contributed by atoms with van der Waals surface area (Å²) >= 11 is 25.0. The van der Waals surface area contributed by atoms with Gasteiger partial charge in [-0.25, -0.2) is 0 Å². The lowest BCUT2D eigenvalue weighted by molar-refractivity contribution is -0.115. The molecule has 1 aliphatic heterocycles. The van der Waals surface area contributed by atoms with E-state index in [0.717, 1.165) is 0 Å². The number of amides is 1. The number of rotatable bonds is 6. The second-order valence-electron chi connectivity index (χ2n) is 5.60. The van der Waals surface area contributed by atoms with Crippen LogP contribution in [0.25, 0.3) is 6.08 Å². The predicted molar refractivity (Wildman–Crippen MR) is 120 cm³/mol. The van der Waals surface area contributed by atoms with Crippen molar-refractivity contribution < 1.29 is 14.3 Å². The summed E-state index contributed by atoms with van der Waals surface area (Å²) in [5, 5.41) is 3.92. The van der Waals surface area contributed by atoms with Gasteiger partial charge in [-0.1, -0.05) is 64.8 Å². The van der Waals surface area contributed by atoms with Crippen molar-refractivity contribution in [3.8, 4) is 11.5 Å². The smallest absolute Gasteiger partial charge is 0.263 e. The highest BCUT2D eigenvalue weighted by Gasteiger charge is 2.22. The monoisotopic (exact) mass is 473 g/mol. The Balaban J connectivity index is 1.90. The van der Waals surface area contributed by atoms with Gasteiger partial charge in [-0.15, -0.1) is 0 Å². The van der Waals surface area contributed by atoms with Gasteiger partial charge in [-0.05, 0) is 42.8 Å². The number of thioether (sulfide) groups is 1. The van der Waals surface area contributed by atoms with Crippen molar-refractivity contribution in [2.75, 3.05) is 6.61 Å². The Morgan fingerprint density at radius 3 is 2.46 bits per heavy atom. The Bertz CT molecular complexity index is 959. The first-order valence-electron chi connectivity index (χ1n) is 8.16. The number of thiocarbonyl (C=S) groups is 1. The average molecular weight is 475 g/mol. The van der Waals surface area contributed by atoms with E-state index >= 15 is 0 Å². The molecule has 0 aliphatic carbocycles. The van der Waals surface area contributed by atoms with Gasteiger partial charge in [0.2, 0.25) is 0 Å². The van der Waals surface area contributed by atoms with E-state index in [1.54, 1.807) is 36.4 Å². The van der Waals surface area contributed by atoms with E-state index < -0.39 is 0 Å². The van der Waals surface area contributed by atoms with Crippen LogP contribution in [-0.4, -0.2) is 16.8 Å². The molecule has 0 bridgehead atoms. The van der Waals surface area contributed by atoms with Gasteiger partial charge in [0, 0.05) is 15.6 Å². The van der Waals surface area contributed by atoms with Gasteiger partial charge in [0.1, 0.15) is 10.9 Å². The largest absolute Gasteiger partial charge is 0.490 e. The topological polar surface area (TPSA) is 47.6 Å². The minimum Gasteiger partial charge on any atom is -0.490 e. The van der Waals surface area contributed by atoms with Gasteiger partial charge in [-0.2, -0.15) is 0 Å². The first-order valence-corrected chi connectivity index (χ1v) is 10.5. The molecule has 1 amide bonds. The third kappa shape index (κ3) is 4.93. The molecule has 0 aromatic heterocycles. The number of carbonyl (C=O) groups excluding carboxylic acids is 1. The summed E-state index contributed by atoms with van der Waals surface area (Å²) in [5.41, 5.74) is 1.35. The molecule has 0 saturated carbocycles. The zero-order chi connectivity index (χ0) is 20.3. The molecule has 0 atom stereocenters. The van der Waals surface area contributed by atoms with Crippen LogP contribution in [0.2, 0.25) is 15.1 Å². The van der Waals surface area contributed by atoms with Crippen LogP contribution in [0.3, 0.4) is 0 Å². The lowest BCUT2D eigenvalue weighted by atomic mass is 10.1. The van der Waals surface area contributed by atoms with Crippen LogP contribution in [0, 0.1) is 0 Å². The van der Waals surface area contributed by atoms with Crippen molar-refractivity contribution in [3.05, 3.63) is 61.4 Å². The second-order valence-corrected chi connectivity index (χ2v) is 8.54. The maximum Gasteiger partial charge on any atom is 0.263 e. The van der Waals surface area contributed by atoms with Crippen LogP contribution < -0.4 is 14.8 Å². The summed E-state index contributed by atoms with van der Waals surface area (Å²) < 4.78 is 12.0. The van der Waals surface area contributed by atoms with E-state index in [1.165, 1.54) is 11.8 Å². The molecular weight excluding hydrogens is 461 g/mol. The zero-order valence-electron chi connectivity index (χ0n) is 14.6. The molecule has 0 unspecified atom stereocenters. The third-order valence-corrected chi connectivity index (χ3v) is 5.85. The number of nitrogens with one attached hydrogen (secondary N) is 1. The molecule has 2 aromatic carbocycles. The summed E-state index contributed by atoms with van der Waals surface area (Å²) in [4.78, 5) is 12.4. The normalized spacial score (nSPS) is 15.1. The molecule has 9 heteroatoms. The fraction of sp³-hybridized carbons (Fsp3) is 0.158. The molecular formula is C19H14Cl3NO3S2. The van der Waals surface area contributed by atoms with Crippen LogP contribution in [0.4, 0.5) is 0 Å². The number of carbonyl (C=O) groups is 1. The first-order chi connectivity index (χ1) is 13.4. The van der Waals surface area contributed by atoms with Crippen LogP contribution >= 0.6 is 58.8 Å². The van der Waals surface area contributed by atoms with E-state index in [9.17, 15) is 4.79 Å². The summed E-state index contributed by atoms with van der Waals surface area (Å²) in [5.74, 6) is 0.592. The van der Waals surface area contributed by atoms with E-state index in [-0.39, 0.29) is 12.5 Å². The van der Waals surface area contributed by atoms with Crippen LogP contribution in [-0.2, 0) is 11.4 Å². The van der Waals surface area contributed by atoms with Crippen LogP contribution in [0.15, 0.2) is 35.2 Å². The summed E-state index contributed by atoms with van der Waals surface area (Å²) in [7, 11) is 0. The highest BCUT2D eigenvalue weighted by molar-refractivity contribution is 8.26. The molecule has 0 spiro atoms. The number of hydrogen-bond acceptors (Lipinski definition) is 5. The summed E-state index contributed by atoms with van der Waals surface area (Å²) in [6.45, 7) is 2.40. The highest BCUT2D eigenvalue weighted by atomic mass is 35.5. The number of benzene rings is 2. The Morgan fingerprint density at radius 2 is 1.86 bits per heavy atom. The molecule has 28 heavy (non-hydrogen) atoms. The maximum atomic E-state index is 11.9. The van der Waals surface area contributed by atoms with E-state index in [4.69, 9.17) is 56.5 Å². The van der Waals surface area contributed by atoms with Crippen molar-refractivity contribution in [2.45, 2.75) is 13.5 Å². The molecule has 2 aromatic rings. The van der Waals surface area contributed by atoms with E-state index in [0.29, 0.717) is 53.5 Å². The minimum atomic E-state index is -0.238. The standard InChI is InChI=1S/C19H14Cl3NO3S2/c1-2-25-15-7-10(8-16-18(24)23-19(27)28-16)6-14(22)17(15)26-9-11-12(20)4-3-5-13(11)21/h3-8H,2,9H2,1H3,(H,23,24,27)/b16-8-. The molecule has 1 heterocycles. The van der Waals surface area contributed by atoms with Crippen molar-refractivity contribution in [1.82, 2.24) is 5.32 Å². The van der Waals surface area contributed by atoms with Gasteiger partial charge in [-0.3, -0.25) is 4.79 Å². The maximum absolute atomic E-state index is 11.9. The lowest BCUT2D eigenvalue weighted by Crippen LogP contribution is -2.17. The van der Waals surface area contributed by atoms with Crippen molar-refractivity contribution in [2.24, 2.45) is 0 Å². The van der Waals surface area contributed by atoms with E-state index in [2.05, 4.69) is 5.32 Å². The molecule has 1 saturated heterocycles. The quantitative estimate of drug-likeness (QED) is 0.404. The van der Waals surface area contributed by atoms with Gasteiger partial charge < -0.3 is 14.8 Å². The fourth-order valence-corrected chi connectivity index (χ4v) is 4.29. The third-order valence-electron chi connectivity index (χ3n) is 3.69. The van der Waals surface area contributed by atoms with Crippen molar-refractivity contribution in [1.29, 1.82) is 0 Å². The van der Waals surface area contributed by atoms with E-state index in [1.807, 2.05) is 6.92 Å². The van der Waals surface area contributed by atoms with Gasteiger partial charge >= 0.3 is 0 Å². The van der Waals surface area contributed by atoms with Crippen molar-refractivity contribution >= 4 is 75.1 Å². The predicted octanol–water partition coefficient (Wildman–Crippen LogP) is 6.11. The number of hydrogen-bond donors (Lipinski definition) is 1. The average Bonchev–Trinajstić information content (AvgIpc) is 2.93. The van der Waals surface area contributed by atoms with Gasteiger partial charge in [0.15, 0.2) is 11.5 Å². The summed E-state index contributed by atoms with van der Waals surface area (Å²) in [6.07, 6.45) is 1.70. The lowest BCUT2D eigenvalue weighted by Gasteiger charge is -2.15. The molecule has 1 N–H and O–H groups in total. The number of halogens is 3. The Labute approximate surface area is 187 Å². The van der Waals surface area contributed by atoms with Gasteiger partial charge in [0.05, 0.1) is 16.5 Å². The van der Waals surface area contributed by atoms with Gasteiger partial charge in [0.25, 0.3) is 5.91 Å². The Kier molecular flexibility index (Phi) is 7.12. The van der Waals surface area contributed by atoms with Crippen LogP contribution in [0.5, 0.6) is 11.5 Å². The molecule has 146 valence electrons. The first kappa shape index (κ1) is 21.3. The van der Waals surface area contributed by atoms with Crippen LogP contribution in [0.1, 0.15) is 18.1 Å². The SMILES string of the molecule is CCOc1cc(/C=C2\SC(=S)NC2=O)cc(Cl)c1OCc1c(Cl)cccc1Cl. The number of ether oxygens (including phenoxy) is 2. The second kappa shape index (κ2) is 9.37. The molecule has 4 nitrogen and oxygen atoms in total. The minimum absolute atomic E-state index is 0.130. The molecule has 1 aliphatic rings. The Hall–Kier alpha value is -1.44. The zero-order valence-corrected chi connectivity index (χ0v) is 18.5. The Morgan fingerprint density at radius 1 is 1.14 bits per heavy atom. The molecule has 0 radical (unpaired) electrons. The van der Waals surface area contributed by atoms with Crippen molar-refractivity contribution in [3.63, 3.8) is 0 Å².